The lowest BCUT2D eigenvalue weighted by Crippen LogP contribution is -2.50. The van der Waals surface area contributed by atoms with Gasteiger partial charge >= 0.3 is 0 Å². The Labute approximate surface area is 104 Å². The number of likely N-dealkylation sites (tertiary alicyclic amines) is 1. The molecule has 0 aromatic heterocycles. The quantitative estimate of drug-likeness (QED) is 0.800. The van der Waals surface area contributed by atoms with E-state index in [0.717, 1.165) is 45.2 Å². The van der Waals surface area contributed by atoms with Crippen LogP contribution in [0.2, 0.25) is 0 Å². The average molecular weight is 261 g/mol. The first kappa shape index (κ1) is 13.3. The highest BCUT2D eigenvalue weighted by atomic mass is 32.2. The topological polar surface area (TPSA) is 52.7 Å². The van der Waals surface area contributed by atoms with Gasteiger partial charge in [0.05, 0.1) is 0 Å². The molecule has 0 saturated carbocycles. The predicted molar refractivity (Wildman–Crippen MR) is 68.0 cm³/mol. The van der Waals surface area contributed by atoms with Crippen molar-refractivity contribution in [2.45, 2.75) is 38.1 Å². The van der Waals surface area contributed by atoms with Crippen LogP contribution in [0.25, 0.3) is 0 Å². The monoisotopic (exact) mass is 261 g/mol. The van der Waals surface area contributed by atoms with Crippen molar-refractivity contribution >= 4 is 10.2 Å². The Morgan fingerprint density at radius 3 is 2.18 bits per heavy atom. The highest BCUT2D eigenvalue weighted by molar-refractivity contribution is 7.87. The lowest BCUT2D eigenvalue weighted by atomic mass is 10.1. The van der Waals surface area contributed by atoms with Gasteiger partial charge in [-0.2, -0.15) is 17.4 Å². The average Bonchev–Trinajstić information content (AvgIpc) is 2.33. The molecule has 0 aromatic carbocycles. The van der Waals surface area contributed by atoms with E-state index in [-0.39, 0.29) is 6.04 Å². The molecule has 2 aliphatic heterocycles. The van der Waals surface area contributed by atoms with Gasteiger partial charge in [0.25, 0.3) is 10.2 Å². The molecule has 17 heavy (non-hydrogen) atoms. The molecule has 6 heteroatoms. The Kier molecular flexibility index (Phi) is 4.41. The molecule has 1 N–H and O–H groups in total. The minimum Gasteiger partial charge on any atom is -0.306 e. The zero-order valence-electron chi connectivity index (χ0n) is 10.6. The maximum Gasteiger partial charge on any atom is 0.279 e. The van der Waals surface area contributed by atoms with Crippen molar-refractivity contribution in [3.63, 3.8) is 0 Å². The van der Waals surface area contributed by atoms with E-state index in [1.807, 2.05) is 0 Å². The van der Waals surface area contributed by atoms with Crippen LogP contribution in [-0.2, 0) is 10.2 Å². The second kappa shape index (κ2) is 5.65. The van der Waals surface area contributed by atoms with Crippen LogP contribution in [0.5, 0.6) is 0 Å². The molecule has 0 unspecified atom stereocenters. The molecule has 0 radical (unpaired) electrons. The van der Waals surface area contributed by atoms with Crippen molar-refractivity contribution in [1.82, 2.24) is 13.9 Å². The smallest absolute Gasteiger partial charge is 0.279 e. The van der Waals surface area contributed by atoms with Gasteiger partial charge < -0.3 is 4.90 Å². The highest BCUT2D eigenvalue weighted by Gasteiger charge is 2.27. The van der Waals surface area contributed by atoms with Crippen LogP contribution in [0.15, 0.2) is 0 Å². The third kappa shape index (κ3) is 3.64. The molecule has 2 saturated heterocycles. The maximum absolute atomic E-state index is 12.1. The van der Waals surface area contributed by atoms with E-state index in [0.29, 0.717) is 13.1 Å². The molecule has 2 fully saturated rings. The Balaban J connectivity index is 1.88. The van der Waals surface area contributed by atoms with Crippen LogP contribution in [0.1, 0.15) is 32.1 Å². The van der Waals surface area contributed by atoms with Gasteiger partial charge in [-0.05, 0) is 45.8 Å². The number of hydrogen-bond acceptors (Lipinski definition) is 3. The summed E-state index contributed by atoms with van der Waals surface area (Å²) in [5, 5.41) is 0. The fraction of sp³-hybridized carbons (Fsp3) is 1.00. The van der Waals surface area contributed by atoms with Gasteiger partial charge in [0, 0.05) is 19.1 Å². The Morgan fingerprint density at radius 2 is 1.59 bits per heavy atom. The van der Waals surface area contributed by atoms with Crippen LogP contribution < -0.4 is 4.72 Å². The fourth-order valence-electron chi connectivity index (χ4n) is 2.52. The Hall–Kier alpha value is -0.170. The number of nitrogens with one attached hydrogen (secondary N) is 1. The summed E-state index contributed by atoms with van der Waals surface area (Å²) in [5.41, 5.74) is 0. The summed E-state index contributed by atoms with van der Waals surface area (Å²) in [4.78, 5) is 2.24. The summed E-state index contributed by atoms with van der Waals surface area (Å²) < 4.78 is 28.7. The standard InChI is InChI=1S/C11H23N3O2S/c1-13-9-5-11(6-10-13)12-17(15,16)14-7-3-2-4-8-14/h11-12H,2-10H2,1H3. The first-order valence-corrected chi connectivity index (χ1v) is 7.98. The van der Waals surface area contributed by atoms with Crippen LogP contribution in [-0.4, -0.2) is 56.9 Å². The Bertz CT molecular complexity index is 331. The van der Waals surface area contributed by atoms with Crippen molar-refractivity contribution < 1.29 is 8.42 Å². The number of piperidine rings is 2. The highest BCUT2D eigenvalue weighted by Crippen LogP contribution is 2.15. The molecule has 0 aliphatic carbocycles. The Morgan fingerprint density at radius 1 is 1.00 bits per heavy atom. The first-order valence-electron chi connectivity index (χ1n) is 6.54. The summed E-state index contributed by atoms with van der Waals surface area (Å²) >= 11 is 0. The molecular weight excluding hydrogens is 238 g/mol. The largest absolute Gasteiger partial charge is 0.306 e. The number of hydrogen-bond donors (Lipinski definition) is 1. The molecule has 0 aromatic rings. The van der Waals surface area contributed by atoms with Gasteiger partial charge in [0.15, 0.2) is 0 Å². The molecule has 2 heterocycles. The summed E-state index contributed by atoms with van der Waals surface area (Å²) in [6.45, 7) is 3.32. The minimum absolute atomic E-state index is 0.123. The van der Waals surface area contributed by atoms with E-state index in [4.69, 9.17) is 0 Å². The molecule has 2 aliphatic rings. The predicted octanol–water partition coefficient (Wildman–Crippen LogP) is 0.401. The van der Waals surface area contributed by atoms with Gasteiger partial charge in [-0.25, -0.2) is 0 Å². The van der Waals surface area contributed by atoms with E-state index in [1.54, 1.807) is 4.31 Å². The SMILES string of the molecule is CN1CCC(NS(=O)(=O)N2CCCCC2)CC1. The van der Waals surface area contributed by atoms with Crippen molar-refractivity contribution in [3.05, 3.63) is 0 Å². The molecule has 0 bridgehead atoms. The fourth-order valence-corrected chi connectivity index (χ4v) is 4.06. The van der Waals surface area contributed by atoms with Gasteiger partial charge in [0.2, 0.25) is 0 Å². The van der Waals surface area contributed by atoms with Gasteiger partial charge in [-0.1, -0.05) is 6.42 Å². The van der Waals surface area contributed by atoms with Crippen molar-refractivity contribution in [3.8, 4) is 0 Å². The van der Waals surface area contributed by atoms with Crippen molar-refractivity contribution in [2.75, 3.05) is 33.2 Å². The molecular formula is C11H23N3O2S. The van der Waals surface area contributed by atoms with E-state index in [2.05, 4.69) is 16.7 Å². The summed E-state index contributed by atoms with van der Waals surface area (Å²) in [6.07, 6.45) is 4.98. The molecule has 5 nitrogen and oxygen atoms in total. The van der Waals surface area contributed by atoms with Crippen LogP contribution in [0, 0.1) is 0 Å². The molecule has 0 amide bonds. The maximum atomic E-state index is 12.1. The van der Waals surface area contributed by atoms with Crippen molar-refractivity contribution in [1.29, 1.82) is 0 Å². The normalized spacial score (nSPS) is 26.2. The molecule has 2 rings (SSSR count). The van der Waals surface area contributed by atoms with Crippen LogP contribution in [0.4, 0.5) is 0 Å². The second-order valence-corrected chi connectivity index (χ2v) is 6.86. The lowest BCUT2D eigenvalue weighted by molar-refractivity contribution is 0.244. The van der Waals surface area contributed by atoms with Gasteiger partial charge in [0.1, 0.15) is 0 Å². The van der Waals surface area contributed by atoms with E-state index in [9.17, 15) is 8.42 Å². The third-order valence-electron chi connectivity index (χ3n) is 3.69. The van der Waals surface area contributed by atoms with Gasteiger partial charge in [-0.3, -0.25) is 0 Å². The molecule has 100 valence electrons. The second-order valence-electron chi connectivity index (χ2n) is 5.16. The number of rotatable bonds is 3. The summed E-state index contributed by atoms with van der Waals surface area (Å²) in [5.74, 6) is 0. The van der Waals surface area contributed by atoms with Crippen LogP contribution in [0.3, 0.4) is 0 Å². The molecule has 0 atom stereocenters. The third-order valence-corrected chi connectivity index (χ3v) is 5.37. The summed E-state index contributed by atoms with van der Waals surface area (Å²) in [6, 6.07) is 0.123. The first-order chi connectivity index (χ1) is 8.08. The summed E-state index contributed by atoms with van der Waals surface area (Å²) in [7, 11) is -1.16. The number of nitrogens with zero attached hydrogens (tertiary/aromatic N) is 2. The van der Waals surface area contributed by atoms with E-state index < -0.39 is 10.2 Å². The van der Waals surface area contributed by atoms with Gasteiger partial charge in [-0.15, -0.1) is 0 Å². The van der Waals surface area contributed by atoms with E-state index in [1.165, 1.54) is 0 Å². The zero-order valence-corrected chi connectivity index (χ0v) is 11.4. The van der Waals surface area contributed by atoms with Crippen LogP contribution >= 0.6 is 0 Å². The zero-order chi connectivity index (χ0) is 12.3. The minimum atomic E-state index is -3.24. The van der Waals surface area contributed by atoms with E-state index >= 15 is 0 Å². The van der Waals surface area contributed by atoms with Crippen molar-refractivity contribution in [2.24, 2.45) is 0 Å². The lowest BCUT2D eigenvalue weighted by Gasteiger charge is -2.32. The molecule has 0 spiro atoms.